The Morgan fingerprint density at radius 2 is 1.80 bits per heavy atom. The Morgan fingerprint density at radius 1 is 1.15 bits per heavy atom. The Kier molecular flexibility index (Phi) is 6.95. The summed E-state index contributed by atoms with van der Waals surface area (Å²) in [4.78, 5) is 23.2. The molecule has 4 atom stereocenters. The molecular weight excluding hydrogens is 264 g/mol. The van der Waals surface area contributed by atoms with Crippen molar-refractivity contribution in [3.8, 4) is 0 Å². The second kappa shape index (κ2) is 8.21. The summed E-state index contributed by atoms with van der Waals surface area (Å²) >= 11 is 0. The fraction of sp³-hybridized carbons (Fsp3) is 0.857. The van der Waals surface area contributed by atoms with Gasteiger partial charge >= 0.3 is 11.9 Å². The predicted molar refractivity (Wildman–Crippen MR) is 71.0 cm³/mol. The van der Waals surface area contributed by atoms with Crippen LogP contribution in [0.25, 0.3) is 0 Å². The van der Waals surface area contributed by atoms with Crippen LogP contribution in [-0.4, -0.2) is 48.1 Å². The summed E-state index contributed by atoms with van der Waals surface area (Å²) in [5.41, 5.74) is 0. The summed E-state index contributed by atoms with van der Waals surface area (Å²) in [7, 11) is 0. The smallest absolute Gasteiger partial charge is 0.347 e. The van der Waals surface area contributed by atoms with E-state index in [9.17, 15) is 14.7 Å². The van der Waals surface area contributed by atoms with E-state index in [1.165, 1.54) is 6.92 Å². The average Bonchev–Trinajstić information content (AvgIpc) is 2.41. The zero-order valence-electron chi connectivity index (χ0n) is 12.3. The van der Waals surface area contributed by atoms with Crippen LogP contribution in [0.3, 0.4) is 0 Å². The fourth-order valence-corrected chi connectivity index (χ4v) is 2.13. The van der Waals surface area contributed by atoms with E-state index >= 15 is 0 Å². The molecule has 0 amide bonds. The van der Waals surface area contributed by atoms with Crippen LogP contribution in [0, 0.1) is 0 Å². The van der Waals surface area contributed by atoms with Crippen molar-refractivity contribution in [2.75, 3.05) is 6.61 Å². The van der Waals surface area contributed by atoms with Crippen LogP contribution in [0.2, 0.25) is 0 Å². The maximum Gasteiger partial charge on any atom is 0.347 e. The van der Waals surface area contributed by atoms with Crippen molar-refractivity contribution in [1.82, 2.24) is 0 Å². The molecule has 1 rings (SSSR count). The zero-order valence-corrected chi connectivity index (χ0v) is 12.3. The molecule has 1 fully saturated rings. The molecule has 6 heteroatoms. The molecule has 0 radical (unpaired) electrons. The number of aliphatic hydroxyl groups excluding tert-OH is 1. The van der Waals surface area contributed by atoms with E-state index in [0.717, 1.165) is 19.3 Å². The van der Waals surface area contributed by atoms with Gasteiger partial charge in [0.15, 0.2) is 12.2 Å². The Labute approximate surface area is 119 Å². The molecule has 3 unspecified atom stereocenters. The monoisotopic (exact) mass is 288 g/mol. The fourth-order valence-electron chi connectivity index (χ4n) is 2.13. The Morgan fingerprint density at radius 3 is 2.40 bits per heavy atom. The van der Waals surface area contributed by atoms with Crippen molar-refractivity contribution in [3.63, 3.8) is 0 Å². The SMILES string of the molecule is CCOC(=O)C(C)OC(=O)C(C)OC1CCCC[C@@H]1O. The molecule has 116 valence electrons. The molecule has 1 saturated carbocycles. The van der Waals surface area contributed by atoms with Gasteiger partial charge in [-0.3, -0.25) is 0 Å². The van der Waals surface area contributed by atoms with E-state index < -0.39 is 30.3 Å². The second-order valence-electron chi connectivity index (χ2n) is 5.00. The summed E-state index contributed by atoms with van der Waals surface area (Å²) < 4.78 is 15.3. The van der Waals surface area contributed by atoms with Crippen LogP contribution in [0.5, 0.6) is 0 Å². The lowest BCUT2D eigenvalue weighted by molar-refractivity contribution is -0.179. The summed E-state index contributed by atoms with van der Waals surface area (Å²) in [6.07, 6.45) is 0.709. The van der Waals surface area contributed by atoms with Crippen LogP contribution < -0.4 is 0 Å². The molecule has 0 aromatic rings. The molecule has 1 N–H and O–H groups in total. The van der Waals surface area contributed by atoms with E-state index in [1.807, 2.05) is 0 Å². The first-order valence-electron chi connectivity index (χ1n) is 7.16. The van der Waals surface area contributed by atoms with E-state index in [-0.39, 0.29) is 12.7 Å². The number of esters is 2. The normalized spacial score (nSPS) is 25.6. The first-order chi connectivity index (χ1) is 9.45. The quantitative estimate of drug-likeness (QED) is 0.739. The minimum atomic E-state index is -0.954. The highest BCUT2D eigenvalue weighted by Crippen LogP contribution is 2.22. The number of hydrogen-bond acceptors (Lipinski definition) is 6. The van der Waals surface area contributed by atoms with Crippen molar-refractivity contribution in [3.05, 3.63) is 0 Å². The molecule has 0 spiro atoms. The van der Waals surface area contributed by atoms with Crippen LogP contribution in [0.1, 0.15) is 46.5 Å². The molecule has 1 aliphatic carbocycles. The van der Waals surface area contributed by atoms with Crippen molar-refractivity contribution in [2.24, 2.45) is 0 Å². The minimum absolute atomic E-state index is 0.237. The summed E-state index contributed by atoms with van der Waals surface area (Å²) in [5, 5.41) is 9.79. The van der Waals surface area contributed by atoms with Gasteiger partial charge in [0.1, 0.15) is 0 Å². The maximum absolute atomic E-state index is 11.8. The van der Waals surface area contributed by atoms with Gasteiger partial charge in [0, 0.05) is 0 Å². The molecule has 0 bridgehead atoms. The molecule has 1 aliphatic rings. The van der Waals surface area contributed by atoms with Crippen molar-refractivity contribution < 1.29 is 28.9 Å². The number of rotatable bonds is 6. The van der Waals surface area contributed by atoms with Gasteiger partial charge in [-0.05, 0) is 33.6 Å². The predicted octanol–water partition coefficient (Wildman–Crippen LogP) is 1.19. The number of hydrogen-bond donors (Lipinski definition) is 1. The molecular formula is C14H24O6. The molecule has 0 aromatic carbocycles. The van der Waals surface area contributed by atoms with E-state index in [4.69, 9.17) is 14.2 Å². The topological polar surface area (TPSA) is 82.1 Å². The van der Waals surface area contributed by atoms with Gasteiger partial charge in [0.05, 0.1) is 18.8 Å². The van der Waals surface area contributed by atoms with Gasteiger partial charge in [-0.15, -0.1) is 0 Å². The Balaban J connectivity index is 2.40. The highest BCUT2D eigenvalue weighted by atomic mass is 16.6. The van der Waals surface area contributed by atoms with Crippen LogP contribution >= 0.6 is 0 Å². The van der Waals surface area contributed by atoms with E-state index in [1.54, 1.807) is 13.8 Å². The Bertz CT molecular complexity index is 330. The van der Waals surface area contributed by atoms with Crippen molar-refractivity contribution in [2.45, 2.75) is 70.9 Å². The average molecular weight is 288 g/mol. The first-order valence-corrected chi connectivity index (χ1v) is 7.16. The lowest BCUT2D eigenvalue weighted by Crippen LogP contribution is -2.39. The van der Waals surface area contributed by atoms with Gasteiger partial charge in [0.2, 0.25) is 0 Å². The van der Waals surface area contributed by atoms with Gasteiger partial charge in [-0.1, -0.05) is 12.8 Å². The lowest BCUT2D eigenvalue weighted by atomic mass is 9.95. The number of carbonyl (C=O) groups is 2. The Hall–Kier alpha value is -1.14. The van der Waals surface area contributed by atoms with Crippen LogP contribution in [-0.2, 0) is 23.8 Å². The first kappa shape index (κ1) is 16.9. The summed E-state index contributed by atoms with van der Waals surface area (Å²) in [5.74, 6) is -1.20. The minimum Gasteiger partial charge on any atom is -0.463 e. The van der Waals surface area contributed by atoms with E-state index in [2.05, 4.69) is 0 Å². The largest absolute Gasteiger partial charge is 0.463 e. The van der Waals surface area contributed by atoms with Gasteiger partial charge in [-0.2, -0.15) is 0 Å². The molecule has 0 aromatic heterocycles. The van der Waals surface area contributed by atoms with Gasteiger partial charge in [0.25, 0.3) is 0 Å². The third-order valence-electron chi connectivity index (χ3n) is 3.29. The molecule has 0 heterocycles. The lowest BCUT2D eigenvalue weighted by Gasteiger charge is -2.29. The third kappa shape index (κ3) is 5.09. The molecule has 20 heavy (non-hydrogen) atoms. The van der Waals surface area contributed by atoms with Crippen molar-refractivity contribution >= 4 is 11.9 Å². The zero-order chi connectivity index (χ0) is 15.1. The third-order valence-corrected chi connectivity index (χ3v) is 3.29. The van der Waals surface area contributed by atoms with Crippen molar-refractivity contribution in [1.29, 1.82) is 0 Å². The van der Waals surface area contributed by atoms with Gasteiger partial charge < -0.3 is 19.3 Å². The van der Waals surface area contributed by atoms with Gasteiger partial charge in [-0.25, -0.2) is 9.59 Å². The standard InChI is InChI=1S/C14H24O6/c1-4-18-13(16)9(2)20-14(17)10(3)19-12-8-6-5-7-11(12)15/h9-12,15H,4-8H2,1-3H3/t9?,10?,11-,12?/m0/s1. The highest BCUT2D eigenvalue weighted by Gasteiger charge is 2.29. The summed E-state index contributed by atoms with van der Waals surface area (Å²) in [6, 6.07) is 0. The van der Waals surface area contributed by atoms with Crippen LogP contribution in [0.15, 0.2) is 0 Å². The second-order valence-corrected chi connectivity index (χ2v) is 5.00. The molecule has 6 nitrogen and oxygen atoms in total. The number of ether oxygens (including phenoxy) is 3. The number of aliphatic hydroxyl groups is 1. The molecule has 0 saturated heterocycles. The van der Waals surface area contributed by atoms with Crippen LogP contribution in [0.4, 0.5) is 0 Å². The molecule has 0 aliphatic heterocycles. The summed E-state index contributed by atoms with van der Waals surface area (Å²) in [6.45, 7) is 4.93. The highest BCUT2D eigenvalue weighted by molar-refractivity contribution is 5.80. The maximum atomic E-state index is 11.8. The van der Waals surface area contributed by atoms with E-state index in [0.29, 0.717) is 6.42 Å². The number of carbonyl (C=O) groups excluding carboxylic acids is 2.